The smallest absolute Gasteiger partial charge is 0.177 e. The molecule has 10 heteroatoms. The number of aromatic nitrogens is 4. The van der Waals surface area contributed by atoms with Gasteiger partial charge >= 0.3 is 0 Å². The van der Waals surface area contributed by atoms with Crippen LogP contribution in [0.4, 0.5) is 27.4 Å². The van der Waals surface area contributed by atoms with Crippen LogP contribution in [0.3, 0.4) is 0 Å². The van der Waals surface area contributed by atoms with E-state index < -0.39 is 15.7 Å². The zero-order valence-corrected chi connectivity index (χ0v) is 16.4. The predicted molar refractivity (Wildman–Crippen MR) is 109 cm³/mol. The number of halogens is 1. The molecule has 0 saturated carbocycles. The maximum absolute atomic E-state index is 13.5. The van der Waals surface area contributed by atoms with Crippen molar-refractivity contribution >= 4 is 44.0 Å². The van der Waals surface area contributed by atoms with Crippen LogP contribution < -0.4 is 10.6 Å². The van der Waals surface area contributed by atoms with Crippen LogP contribution in [0.25, 0.3) is 11.2 Å². The largest absolute Gasteiger partial charge is 0.352 e. The first-order valence-corrected chi connectivity index (χ1v) is 10.5. The fourth-order valence-corrected chi connectivity index (χ4v) is 3.75. The Labute approximate surface area is 166 Å². The maximum atomic E-state index is 13.5. The highest BCUT2D eigenvalue weighted by Crippen LogP contribution is 2.31. The summed E-state index contributed by atoms with van der Waals surface area (Å²) >= 11 is 0. The number of pyridine rings is 2. The summed E-state index contributed by atoms with van der Waals surface area (Å²) in [7, 11) is -3.44. The Morgan fingerprint density at radius 1 is 1.00 bits per heavy atom. The van der Waals surface area contributed by atoms with Crippen molar-refractivity contribution in [1.29, 1.82) is 0 Å². The van der Waals surface area contributed by atoms with E-state index in [2.05, 4.69) is 30.6 Å². The van der Waals surface area contributed by atoms with Gasteiger partial charge in [0.05, 0.1) is 16.3 Å². The second-order valence-electron chi connectivity index (χ2n) is 6.45. The van der Waals surface area contributed by atoms with Crippen molar-refractivity contribution in [1.82, 2.24) is 19.9 Å². The van der Waals surface area contributed by atoms with Gasteiger partial charge in [0.1, 0.15) is 28.8 Å². The van der Waals surface area contributed by atoms with E-state index in [0.29, 0.717) is 34.2 Å². The molecule has 29 heavy (non-hydrogen) atoms. The molecule has 3 N–H and O–H groups in total. The number of hydrogen-bond acceptors (Lipinski definition) is 7. The minimum Gasteiger partial charge on any atom is -0.352 e. The first-order chi connectivity index (χ1) is 13.8. The van der Waals surface area contributed by atoms with Crippen molar-refractivity contribution in [3.05, 3.63) is 60.3 Å². The molecule has 4 aromatic rings. The lowest BCUT2D eigenvalue weighted by atomic mass is 10.2. The quantitative estimate of drug-likeness (QED) is 0.458. The van der Waals surface area contributed by atoms with Crippen LogP contribution in [0.15, 0.2) is 53.6 Å². The van der Waals surface area contributed by atoms with Crippen LogP contribution in [-0.4, -0.2) is 34.6 Å². The van der Waals surface area contributed by atoms with Gasteiger partial charge in [0.15, 0.2) is 15.5 Å². The van der Waals surface area contributed by atoms with Gasteiger partial charge in [-0.2, -0.15) is 0 Å². The molecule has 3 heterocycles. The molecule has 0 unspecified atom stereocenters. The number of sulfone groups is 1. The number of para-hydroxylation sites is 1. The topological polar surface area (TPSA) is 113 Å². The second kappa shape index (κ2) is 7.13. The van der Waals surface area contributed by atoms with Crippen LogP contribution in [0.2, 0.25) is 0 Å². The van der Waals surface area contributed by atoms with Gasteiger partial charge in [-0.3, -0.25) is 0 Å². The van der Waals surface area contributed by atoms with E-state index in [1.165, 1.54) is 24.4 Å². The Morgan fingerprint density at radius 2 is 1.79 bits per heavy atom. The van der Waals surface area contributed by atoms with Crippen molar-refractivity contribution in [3.63, 3.8) is 0 Å². The third-order valence-corrected chi connectivity index (χ3v) is 5.26. The Balaban J connectivity index is 1.80. The number of fused-ring (bicyclic) bond motifs is 1. The monoisotopic (exact) mass is 412 g/mol. The lowest BCUT2D eigenvalue weighted by molar-refractivity contribution is 0.602. The van der Waals surface area contributed by atoms with Gasteiger partial charge in [0.2, 0.25) is 0 Å². The molecule has 0 bridgehead atoms. The van der Waals surface area contributed by atoms with Gasteiger partial charge in [-0.15, -0.1) is 0 Å². The number of benzene rings is 1. The highest BCUT2D eigenvalue weighted by atomic mass is 32.2. The number of imidazole rings is 1. The summed E-state index contributed by atoms with van der Waals surface area (Å²) < 4.78 is 37.7. The fourth-order valence-electron chi connectivity index (χ4n) is 2.91. The van der Waals surface area contributed by atoms with Gasteiger partial charge in [0, 0.05) is 24.6 Å². The molecule has 0 spiro atoms. The van der Waals surface area contributed by atoms with Gasteiger partial charge < -0.3 is 15.6 Å². The molecule has 0 aliphatic rings. The predicted octanol–water partition coefficient (Wildman–Crippen LogP) is 3.69. The van der Waals surface area contributed by atoms with Crippen LogP contribution in [0.5, 0.6) is 0 Å². The third kappa shape index (κ3) is 4.02. The number of aryl methyl sites for hydroxylation is 1. The van der Waals surface area contributed by atoms with Crippen LogP contribution >= 0.6 is 0 Å². The molecule has 4 rings (SSSR count). The summed E-state index contributed by atoms with van der Waals surface area (Å²) in [6.45, 7) is 1.79. The van der Waals surface area contributed by atoms with Gasteiger partial charge in [-0.25, -0.2) is 27.8 Å². The first-order valence-electron chi connectivity index (χ1n) is 8.61. The average molecular weight is 412 g/mol. The van der Waals surface area contributed by atoms with E-state index in [-0.39, 0.29) is 10.7 Å². The fraction of sp³-hybridized carbons (Fsp3) is 0.105. The van der Waals surface area contributed by atoms with E-state index in [0.717, 1.165) is 6.26 Å². The molecular weight excluding hydrogens is 395 g/mol. The summed E-state index contributed by atoms with van der Waals surface area (Å²) in [5.41, 5.74) is 1.99. The lowest BCUT2D eigenvalue weighted by Crippen LogP contribution is -2.04. The SMILES string of the molecule is Cc1nc2c(Nc3ccccc3S(C)(=O)=O)cc(Nc3cc(F)ccn3)nc2[nH]1. The molecule has 0 radical (unpaired) electrons. The molecule has 8 nitrogen and oxygen atoms in total. The summed E-state index contributed by atoms with van der Waals surface area (Å²) in [4.78, 5) is 16.2. The summed E-state index contributed by atoms with van der Waals surface area (Å²) in [6, 6.07) is 10.7. The Kier molecular flexibility index (Phi) is 4.63. The number of hydrogen-bond donors (Lipinski definition) is 3. The van der Waals surface area contributed by atoms with E-state index in [9.17, 15) is 12.8 Å². The van der Waals surface area contributed by atoms with Gasteiger partial charge in [-0.1, -0.05) is 12.1 Å². The van der Waals surface area contributed by atoms with Crippen molar-refractivity contribution in [2.24, 2.45) is 0 Å². The van der Waals surface area contributed by atoms with Crippen molar-refractivity contribution in [2.45, 2.75) is 11.8 Å². The zero-order chi connectivity index (χ0) is 20.6. The first kappa shape index (κ1) is 18.8. The lowest BCUT2D eigenvalue weighted by Gasteiger charge is -2.13. The third-order valence-electron chi connectivity index (χ3n) is 4.11. The molecule has 0 saturated heterocycles. The Morgan fingerprint density at radius 3 is 2.55 bits per heavy atom. The van der Waals surface area contributed by atoms with Crippen molar-refractivity contribution in [2.75, 3.05) is 16.9 Å². The average Bonchev–Trinajstić information content (AvgIpc) is 3.02. The van der Waals surface area contributed by atoms with E-state index in [1.54, 1.807) is 31.2 Å². The number of rotatable bonds is 5. The molecule has 148 valence electrons. The molecule has 0 aliphatic carbocycles. The van der Waals surface area contributed by atoms with Crippen LogP contribution in [0, 0.1) is 12.7 Å². The van der Waals surface area contributed by atoms with E-state index in [1.807, 2.05) is 0 Å². The number of nitrogens with one attached hydrogen (secondary N) is 3. The number of anilines is 4. The number of aromatic amines is 1. The molecule has 0 aliphatic heterocycles. The standard InChI is InChI=1S/C19H17FN6O2S/c1-11-22-18-14(24-13-5-3-4-6-15(13)29(2,27)28)10-17(26-19(18)23-11)25-16-9-12(20)7-8-21-16/h3-10H,1-2H3,(H3,21,22,23,24,25,26). The molecule has 0 fully saturated rings. The summed E-state index contributed by atoms with van der Waals surface area (Å²) in [5, 5.41) is 6.09. The minimum atomic E-state index is -3.44. The maximum Gasteiger partial charge on any atom is 0.177 e. The summed E-state index contributed by atoms with van der Waals surface area (Å²) in [6.07, 6.45) is 2.50. The minimum absolute atomic E-state index is 0.165. The van der Waals surface area contributed by atoms with Crippen LogP contribution in [-0.2, 0) is 9.84 Å². The zero-order valence-electron chi connectivity index (χ0n) is 15.6. The molecule has 3 aromatic heterocycles. The molecular formula is C19H17FN6O2S. The van der Waals surface area contributed by atoms with Crippen molar-refractivity contribution in [3.8, 4) is 0 Å². The van der Waals surface area contributed by atoms with Crippen molar-refractivity contribution < 1.29 is 12.8 Å². The van der Waals surface area contributed by atoms with Crippen LogP contribution in [0.1, 0.15) is 5.82 Å². The van der Waals surface area contributed by atoms with E-state index in [4.69, 9.17) is 0 Å². The van der Waals surface area contributed by atoms with Gasteiger partial charge in [-0.05, 0) is 25.1 Å². The normalized spacial score (nSPS) is 11.6. The second-order valence-corrected chi connectivity index (χ2v) is 8.44. The molecule has 1 aromatic carbocycles. The highest BCUT2D eigenvalue weighted by Gasteiger charge is 2.16. The van der Waals surface area contributed by atoms with Gasteiger partial charge in [0.25, 0.3) is 0 Å². The highest BCUT2D eigenvalue weighted by molar-refractivity contribution is 7.90. The molecule has 0 atom stereocenters. The van der Waals surface area contributed by atoms with E-state index >= 15 is 0 Å². The Bertz CT molecular complexity index is 1320. The summed E-state index contributed by atoms with van der Waals surface area (Å²) in [5.74, 6) is 0.892. The number of nitrogens with zero attached hydrogens (tertiary/aromatic N) is 3. The Hall–Kier alpha value is -3.53. The molecule has 0 amide bonds. The number of H-pyrrole nitrogens is 1.